The maximum absolute atomic E-state index is 12.8. The van der Waals surface area contributed by atoms with Gasteiger partial charge in [0.25, 0.3) is 5.91 Å². The summed E-state index contributed by atoms with van der Waals surface area (Å²) in [4.78, 5) is 27.3. The minimum Gasteiger partial charge on any atom is -0.497 e. The van der Waals surface area contributed by atoms with Crippen molar-refractivity contribution in [2.75, 3.05) is 7.11 Å². The average Bonchev–Trinajstić information content (AvgIpc) is 3.10. The summed E-state index contributed by atoms with van der Waals surface area (Å²) in [6.07, 6.45) is 1.25. The third-order valence-corrected chi connectivity index (χ3v) is 5.97. The lowest BCUT2D eigenvalue weighted by atomic mass is 9.93. The van der Waals surface area contributed by atoms with E-state index < -0.39 is 5.54 Å². The highest BCUT2D eigenvalue weighted by Crippen LogP contribution is 2.28. The Bertz CT molecular complexity index is 790. The van der Waals surface area contributed by atoms with Crippen LogP contribution in [-0.4, -0.2) is 29.5 Å². The predicted octanol–water partition coefficient (Wildman–Crippen LogP) is 3.96. The van der Waals surface area contributed by atoms with Gasteiger partial charge in [0.05, 0.1) is 17.4 Å². The van der Waals surface area contributed by atoms with E-state index in [0.29, 0.717) is 19.4 Å². The molecule has 0 radical (unpaired) electrons. The van der Waals surface area contributed by atoms with Crippen molar-refractivity contribution < 1.29 is 14.3 Å². The molecule has 1 N–H and O–H groups in total. The lowest BCUT2D eigenvalue weighted by Crippen LogP contribution is -2.44. The zero-order valence-electron chi connectivity index (χ0n) is 14.0. The van der Waals surface area contributed by atoms with Crippen LogP contribution in [0.5, 0.6) is 5.75 Å². The SMILES string of the molecule is COc1ccc(CCC2(C)NC(=O)N(Cc3ccc(Br)s3)C2=O)cc1. The maximum Gasteiger partial charge on any atom is 0.325 e. The van der Waals surface area contributed by atoms with Crippen LogP contribution in [0.3, 0.4) is 0 Å². The predicted molar refractivity (Wildman–Crippen MR) is 101 cm³/mol. The first-order chi connectivity index (χ1) is 11.9. The Labute approximate surface area is 159 Å². The molecule has 132 valence electrons. The number of rotatable bonds is 6. The highest BCUT2D eigenvalue weighted by Gasteiger charge is 2.47. The van der Waals surface area contributed by atoms with E-state index in [1.807, 2.05) is 36.4 Å². The van der Waals surface area contributed by atoms with Gasteiger partial charge in [-0.2, -0.15) is 0 Å². The first kappa shape index (κ1) is 17.9. The number of amides is 3. The van der Waals surface area contributed by atoms with Crippen molar-refractivity contribution in [1.82, 2.24) is 10.2 Å². The number of aryl methyl sites for hydroxylation is 1. The summed E-state index contributed by atoms with van der Waals surface area (Å²) in [5.41, 5.74) is 0.232. The van der Waals surface area contributed by atoms with Crippen molar-refractivity contribution in [3.63, 3.8) is 0 Å². The smallest absolute Gasteiger partial charge is 0.325 e. The number of thiophene rings is 1. The fraction of sp³-hybridized carbons (Fsp3) is 0.333. The second-order valence-corrected chi connectivity index (χ2v) is 8.76. The van der Waals surface area contributed by atoms with Gasteiger partial charge in [0.2, 0.25) is 0 Å². The van der Waals surface area contributed by atoms with Crippen molar-refractivity contribution in [2.24, 2.45) is 0 Å². The minimum absolute atomic E-state index is 0.171. The molecule has 3 amide bonds. The molecule has 2 heterocycles. The second kappa shape index (κ2) is 7.17. The number of imide groups is 1. The molecule has 1 atom stereocenters. The number of ether oxygens (including phenoxy) is 1. The van der Waals surface area contributed by atoms with Gasteiger partial charge in [0.1, 0.15) is 11.3 Å². The molecule has 1 aliphatic heterocycles. The van der Waals surface area contributed by atoms with Crippen LogP contribution >= 0.6 is 27.3 Å². The number of halogens is 1. The quantitative estimate of drug-likeness (QED) is 0.716. The van der Waals surface area contributed by atoms with Crippen molar-refractivity contribution >= 4 is 39.2 Å². The third kappa shape index (κ3) is 3.88. The third-order valence-electron chi connectivity index (χ3n) is 4.36. The van der Waals surface area contributed by atoms with E-state index >= 15 is 0 Å². The molecule has 25 heavy (non-hydrogen) atoms. The van der Waals surface area contributed by atoms with E-state index in [1.54, 1.807) is 14.0 Å². The molecular weight excluding hydrogens is 404 g/mol. The summed E-state index contributed by atoms with van der Waals surface area (Å²) in [6, 6.07) is 11.3. The Hall–Kier alpha value is -1.86. The van der Waals surface area contributed by atoms with Gasteiger partial charge >= 0.3 is 6.03 Å². The molecule has 1 aromatic heterocycles. The summed E-state index contributed by atoms with van der Waals surface area (Å²) >= 11 is 4.92. The van der Waals surface area contributed by atoms with Gasteiger partial charge in [-0.25, -0.2) is 4.79 Å². The van der Waals surface area contributed by atoms with E-state index in [1.165, 1.54) is 16.2 Å². The number of hydrogen-bond acceptors (Lipinski definition) is 4. The van der Waals surface area contributed by atoms with Gasteiger partial charge in [-0.15, -0.1) is 11.3 Å². The number of benzene rings is 1. The van der Waals surface area contributed by atoms with E-state index in [9.17, 15) is 9.59 Å². The highest BCUT2D eigenvalue weighted by molar-refractivity contribution is 9.11. The van der Waals surface area contributed by atoms with E-state index in [-0.39, 0.29) is 11.9 Å². The molecule has 1 aromatic carbocycles. The van der Waals surface area contributed by atoms with E-state index in [0.717, 1.165) is 20.0 Å². The molecule has 5 nitrogen and oxygen atoms in total. The molecule has 1 saturated heterocycles. The fourth-order valence-corrected chi connectivity index (χ4v) is 4.31. The van der Waals surface area contributed by atoms with Crippen LogP contribution in [0.15, 0.2) is 40.2 Å². The molecule has 0 saturated carbocycles. The standard InChI is InChI=1S/C18H19BrN2O3S/c1-18(10-9-12-3-5-13(24-2)6-4-12)16(22)21(17(23)20-18)11-14-7-8-15(19)25-14/h3-8H,9-11H2,1-2H3,(H,20,23). The van der Waals surface area contributed by atoms with Crippen molar-refractivity contribution in [2.45, 2.75) is 31.8 Å². The highest BCUT2D eigenvalue weighted by atomic mass is 79.9. The number of carbonyl (C=O) groups is 2. The number of methoxy groups -OCH3 is 1. The van der Waals surface area contributed by atoms with Gasteiger partial charge in [0, 0.05) is 4.88 Å². The zero-order valence-corrected chi connectivity index (χ0v) is 16.4. The van der Waals surface area contributed by atoms with Crippen LogP contribution in [0.25, 0.3) is 0 Å². The molecule has 0 spiro atoms. The van der Waals surface area contributed by atoms with E-state index in [4.69, 9.17) is 4.74 Å². The number of nitrogens with one attached hydrogen (secondary N) is 1. The number of hydrogen-bond donors (Lipinski definition) is 1. The first-order valence-corrected chi connectivity index (χ1v) is 9.53. The number of nitrogens with zero attached hydrogens (tertiary/aromatic N) is 1. The molecule has 1 unspecified atom stereocenters. The number of urea groups is 1. The monoisotopic (exact) mass is 422 g/mol. The second-order valence-electron chi connectivity index (χ2n) is 6.21. The molecule has 1 fully saturated rings. The molecule has 7 heteroatoms. The lowest BCUT2D eigenvalue weighted by Gasteiger charge is -2.21. The largest absolute Gasteiger partial charge is 0.497 e. The molecule has 0 bridgehead atoms. The Morgan fingerprint density at radius 3 is 2.52 bits per heavy atom. The van der Waals surface area contributed by atoms with Crippen molar-refractivity contribution in [3.05, 3.63) is 50.6 Å². The maximum atomic E-state index is 12.8. The fourth-order valence-electron chi connectivity index (χ4n) is 2.84. The van der Waals surface area contributed by atoms with E-state index in [2.05, 4.69) is 21.2 Å². The van der Waals surface area contributed by atoms with Crippen molar-refractivity contribution in [1.29, 1.82) is 0 Å². The van der Waals surface area contributed by atoms with Crippen LogP contribution in [0.4, 0.5) is 4.79 Å². The van der Waals surface area contributed by atoms with Crippen molar-refractivity contribution in [3.8, 4) is 5.75 Å². The van der Waals surface area contributed by atoms with Gasteiger partial charge in [0.15, 0.2) is 0 Å². The zero-order chi connectivity index (χ0) is 18.0. The molecule has 3 rings (SSSR count). The summed E-state index contributed by atoms with van der Waals surface area (Å²) in [7, 11) is 1.63. The molecular formula is C18H19BrN2O3S. The van der Waals surface area contributed by atoms with Crippen LogP contribution in [0.1, 0.15) is 23.8 Å². The molecule has 2 aromatic rings. The Kier molecular flexibility index (Phi) is 5.15. The summed E-state index contributed by atoms with van der Waals surface area (Å²) < 4.78 is 6.13. The van der Waals surface area contributed by atoms with Crippen LogP contribution in [-0.2, 0) is 17.8 Å². The van der Waals surface area contributed by atoms with Crippen LogP contribution in [0.2, 0.25) is 0 Å². The van der Waals surface area contributed by atoms with Gasteiger partial charge in [-0.3, -0.25) is 9.69 Å². The topological polar surface area (TPSA) is 58.6 Å². The minimum atomic E-state index is -0.870. The summed E-state index contributed by atoms with van der Waals surface area (Å²) in [5, 5.41) is 2.86. The Morgan fingerprint density at radius 1 is 1.20 bits per heavy atom. The first-order valence-electron chi connectivity index (χ1n) is 7.92. The normalized spacial score (nSPS) is 20.0. The average molecular weight is 423 g/mol. The number of carbonyl (C=O) groups excluding carboxylic acids is 2. The Balaban J connectivity index is 1.66. The lowest BCUT2D eigenvalue weighted by molar-refractivity contribution is -0.131. The van der Waals surface area contributed by atoms with Gasteiger partial charge in [-0.05, 0) is 65.5 Å². The molecule has 1 aliphatic rings. The van der Waals surface area contributed by atoms with Gasteiger partial charge in [-0.1, -0.05) is 12.1 Å². The molecule has 0 aliphatic carbocycles. The van der Waals surface area contributed by atoms with Gasteiger partial charge < -0.3 is 10.1 Å². The van der Waals surface area contributed by atoms with Crippen LogP contribution in [0, 0.1) is 0 Å². The summed E-state index contributed by atoms with van der Waals surface area (Å²) in [5.74, 6) is 0.629. The Morgan fingerprint density at radius 2 is 1.92 bits per heavy atom. The van der Waals surface area contributed by atoms with Crippen LogP contribution < -0.4 is 10.1 Å². The summed E-state index contributed by atoms with van der Waals surface area (Å²) in [6.45, 7) is 2.10.